The van der Waals surface area contributed by atoms with E-state index in [0.717, 1.165) is 43.4 Å². The molecule has 58 heavy (non-hydrogen) atoms. The Morgan fingerprint density at radius 1 is 0.328 bits per heavy atom. The first kappa shape index (κ1) is 56.9. The molecule has 4 nitrogen and oxygen atoms in total. The standard InChI is InChI=1S/C54H106O4/c1-6-8-10-12-14-16-18-20-22-24-26-32-38-44-53(55)57-48-40-34-28-30-36-42-51(5)46-47-52(50(3)4)43-37-31-29-35-41-49-58-54(56)45-39-33-27-25-23-21-19-17-15-13-11-9-7-2/h50-52H,6-49H2,1-5H3. The minimum absolute atomic E-state index is 0.0151. The van der Waals surface area contributed by atoms with Gasteiger partial charge in [0.1, 0.15) is 0 Å². The third kappa shape index (κ3) is 44.5. The van der Waals surface area contributed by atoms with Crippen LogP contribution in [0.2, 0.25) is 0 Å². The van der Waals surface area contributed by atoms with Crippen molar-refractivity contribution in [1.82, 2.24) is 0 Å². The highest BCUT2D eigenvalue weighted by Crippen LogP contribution is 2.28. The highest BCUT2D eigenvalue weighted by molar-refractivity contribution is 5.69. The molecular weight excluding hydrogens is 713 g/mol. The molecule has 2 atom stereocenters. The van der Waals surface area contributed by atoms with Crippen LogP contribution in [0.3, 0.4) is 0 Å². The van der Waals surface area contributed by atoms with Crippen molar-refractivity contribution < 1.29 is 19.1 Å². The van der Waals surface area contributed by atoms with Crippen LogP contribution in [0.4, 0.5) is 0 Å². The molecule has 0 saturated carbocycles. The molecular formula is C54H106O4. The Hall–Kier alpha value is -1.06. The summed E-state index contributed by atoms with van der Waals surface area (Å²) in [6.45, 7) is 13.1. The van der Waals surface area contributed by atoms with Gasteiger partial charge in [-0.1, -0.05) is 259 Å². The summed E-state index contributed by atoms with van der Waals surface area (Å²) in [6.07, 6.45) is 53.5. The van der Waals surface area contributed by atoms with Gasteiger partial charge in [0.15, 0.2) is 0 Å². The molecule has 0 aromatic carbocycles. The molecule has 4 heteroatoms. The van der Waals surface area contributed by atoms with E-state index in [0.29, 0.717) is 26.1 Å². The molecule has 0 bridgehead atoms. The van der Waals surface area contributed by atoms with Crippen LogP contribution in [-0.4, -0.2) is 25.2 Å². The van der Waals surface area contributed by atoms with Crippen LogP contribution in [-0.2, 0) is 19.1 Å². The zero-order valence-electron chi connectivity index (χ0n) is 40.5. The van der Waals surface area contributed by atoms with Gasteiger partial charge in [-0.05, 0) is 49.9 Å². The summed E-state index contributed by atoms with van der Waals surface area (Å²) in [5, 5.41) is 0. The minimum Gasteiger partial charge on any atom is -0.466 e. The predicted octanol–water partition coefficient (Wildman–Crippen LogP) is 18.4. The first-order valence-corrected chi connectivity index (χ1v) is 26.7. The second-order valence-electron chi connectivity index (χ2n) is 19.2. The van der Waals surface area contributed by atoms with Gasteiger partial charge in [-0.25, -0.2) is 0 Å². The topological polar surface area (TPSA) is 52.6 Å². The van der Waals surface area contributed by atoms with Crippen LogP contribution < -0.4 is 0 Å². The fourth-order valence-corrected chi connectivity index (χ4v) is 8.71. The Bertz CT molecular complexity index is 824. The summed E-state index contributed by atoms with van der Waals surface area (Å²) in [6, 6.07) is 0. The van der Waals surface area contributed by atoms with Crippen molar-refractivity contribution in [2.24, 2.45) is 17.8 Å². The molecule has 0 rings (SSSR count). The van der Waals surface area contributed by atoms with Gasteiger partial charge in [-0.2, -0.15) is 0 Å². The van der Waals surface area contributed by atoms with Crippen LogP contribution in [0.1, 0.15) is 304 Å². The van der Waals surface area contributed by atoms with Gasteiger partial charge in [0, 0.05) is 12.8 Å². The van der Waals surface area contributed by atoms with Gasteiger partial charge < -0.3 is 9.47 Å². The molecule has 0 spiro atoms. The average Bonchev–Trinajstić information content (AvgIpc) is 3.21. The molecule has 0 aliphatic carbocycles. The molecule has 0 aliphatic heterocycles. The lowest BCUT2D eigenvalue weighted by molar-refractivity contribution is -0.144. The zero-order chi connectivity index (χ0) is 42.4. The Kier molecular flexibility index (Phi) is 46.1. The first-order chi connectivity index (χ1) is 28.4. The van der Waals surface area contributed by atoms with Gasteiger partial charge in [0.2, 0.25) is 0 Å². The Morgan fingerprint density at radius 2 is 0.621 bits per heavy atom. The molecule has 0 aliphatic rings. The van der Waals surface area contributed by atoms with E-state index in [-0.39, 0.29) is 11.9 Å². The van der Waals surface area contributed by atoms with Gasteiger partial charge in [0.05, 0.1) is 13.2 Å². The number of rotatable bonds is 48. The van der Waals surface area contributed by atoms with E-state index < -0.39 is 0 Å². The van der Waals surface area contributed by atoms with Crippen LogP contribution in [0, 0.1) is 17.8 Å². The van der Waals surface area contributed by atoms with Crippen molar-refractivity contribution in [3.8, 4) is 0 Å². The molecule has 0 aromatic rings. The van der Waals surface area contributed by atoms with E-state index in [2.05, 4.69) is 34.6 Å². The van der Waals surface area contributed by atoms with E-state index in [1.807, 2.05) is 0 Å². The Labute approximate surface area is 365 Å². The van der Waals surface area contributed by atoms with E-state index in [1.54, 1.807) is 0 Å². The zero-order valence-corrected chi connectivity index (χ0v) is 40.5. The maximum Gasteiger partial charge on any atom is 0.305 e. The Morgan fingerprint density at radius 3 is 0.966 bits per heavy atom. The summed E-state index contributed by atoms with van der Waals surface area (Å²) in [4.78, 5) is 24.2. The van der Waals surface area contributed by atoms with Gasteiger partial charge in [0.25, 0.3) is 0 Å². The highest BCUT2D eigenvalue weighted by Gasteiger charge is 2.15. The molecule has 0 aromatic heterocycles. The first-order valence-electron chi connectivity index (χ1n) is 26.7. The largest absolute Gasteiger partial charge is 0.466 e. The molecule has 0 heterocycles. The van der Waals surface area contributed by atoms with Gasteiger partial charge in [-0.3, -0.25) is 9.59 Å². The summed E-state index contributed by atoms with van der Waals surface area (Å²) >= 11 is 0. The lowest BCUT2D eigenvalue weighted by Gasteiger charge is -2.23. The smallest absolute Gasteiger partial charge is 0.305 e. The molecule has 0 saturated heterocycles. The number of ether oxygens (including phenoxy) is 2. The average molecular weight is 819 g/mol. The minimum atomic E-state index is 0.0151. The lowest BCUT2D eigenvalue weighted by atomic mass is 9.83. The molecule has 0 N–H and O–H groups in total. The third-order valence-electron chi connectivity index (χ3n) is 13.0. The summed E-state index contributed by atoms with van der Waals surface area (Å²) in [7, 11) is 0. The van der Waals surface area contributed by atoms with Crippen LogP contribution in [0.15, 0.2) is 0 Å². The van der Waals surface area contributed by atoms with Crippen molar-refractivity contribution in [2.75, 3.05) is 13.2 Å². The molecule has 0 radical (unpaired) electrons. The number of hydrogen-bond acceptors (Lipinski definition) is 4. The quantitative estimate of drug-likeness (QED) is 0.0453. The van der Waals surface area contributed by atoms with Crippen molar-refractivity contribution in [3.05, 3.63) is 0 Å². The number of carbonyl (C=O) groups is 2. The van der Waals surface area contributed by atoms with Crippen molar-refractivity contribution in [3.63, 3.8) is 0 Å². The van der Waals surface area contributed by atoms with Gasteiger partial charge >= 0.3 is 11.9 Å². The van der Waals surface area contributed by atoms with Gasteiger partial charge in [-0.15, -0.1) is 0 Å². The Balaban J connectivity index is 3.55. The fraction of sp³-hybridized carbons (Fsp3) is 0.963. The summed E-state index contributed by atoms with van der Waals surface area (Å²) in [5.74, 6) is 2.47. The van der Waals surface area contributed by atoms with Crippen LogP contribution in [0.25, 0.3) is 0 Å². The van der Waals surface area contributed by atoms with Crippen molar-refractivity contribution >= 4 is 11.9 Å². The normalized spacial score (nSPS) is 12.7. The van der Waals surface area contributed by atoms with Crippen LogP contribution in [0.5, 0.6) is 0 Å². The summed E-state index contributed by atoms with van der Waals surface area (Å²) < 4.78 is 11.0. The molecule has 0 amide bonds. The van der Waals surface area contributed by atoms with E-state index in [1.165, 1.54) is 231 Å². The molecule has 0 fully saturated rings. The second kappa shape index (κ2) is 47.0. The van der Waals surface area contributed by atoms with Crippen molar-refractivity contribution in [2.45, 2.75) is 304 Å². The number of hydrogen-bond donors (Lipinski definition) is 0. The summed E-state index contributed by atoms with van der Waals surface area (Å²) in [5.41, 5.74) is 0. The van der Waals surface area contributed by atoms with Crippen LogP contribution >= 0.6 is 0 Å². The van der Waals surface area contributed by atoms with Crippen molar-refractivity contribution in [1.29, 1.82) is 0 Å². The monoisotopic (exact) mass is 819 g/mol. The number of esters is 2. The number of carbonyl (C=O) groups excluding carboxylic acids is 2. The SMILES string of the molecule is CCCCCCCCCCCCCCCC(=O)OCCCCCCCC(C)CCC(CCCCCCCOC(=O)CCCCCCCCCCCCCCC)C(C)C. The fourth-order valence-electron chi connectivity index (χ4n) is 8.71. The number of unbranched alkanes of at least 4 members (excludes halogenated alkanes) is 32. The lowest BCUT2D eigenvalue weighted by Crippen LogP contribution is -2.11. The highest BCUT2D eigenvalue weighted by atomic mass is 16.5. The maximum absolute atomic E-state index is 12.1. The van der Waals surface area contributed by atoms with E-state index in [9.17, 15) is 9.59 Å². The van der Waals surface area contributed by atoms with E-state index >= 15 is 0 Å². The molecule has 2 unspecified atom stereocenters. The maximum atomic E-state index is 12.1. The molecule has 346 valence electrons. The third-order valence-corrected chi connectivity index (χ3v) is 13.0. The van der Waals surface area contributed by atoms with E-state index in [4.69, 9.17) is 9.47 Å². The second-order valence-corrected chi connectivity index (χ2v) is 19.2. The predicted molar refractivity (Wildman–Crippen MR) is 255 cm³/mol.